The molecule has 1 heterocycles. The average Bonchev–Trinajstić information content (AvgIpc) is 3.09. The van der Waals surface area contributed by atoms with Crippen molar-refractivity contribution < 1.29 is 9.15 Å². The molecule has 0 fully saturated rings. The van der Waals surface area contributed by atoms with Gasteiger partial charge in [0.05, 0.1) is 32.0 Å². The molecule has 0 radical (unpaired) electrons. The van der Waals surface area contributed by atoms with Gasteiger partial charge in [-0.05, 0) is 37.5 Å². The maximum Gasteiger partial charge on any atom is 0.214 e. The summed E-state index contributed by atoms with van der Waals surface area (Å²) in [4.78, 5) is 9.13. The molecule has 166 valence electrons. The van der Waals surface area contributed by atoms with Crippen LogP contribution in [0.4, 0.5) is 0 Å². The summed E-state index contributed by atoms with van der Waals surface area (Å²) in [6, 6.07) is 18.5. The van der Waals surface area contributed by atoms with Gasteiger partial charge in [-0.15, -0.1) is 24.0 Å². The van der Waals surface area contributed by atoms with Gasteiger partial charge in [0.2, 0.25) is 5.89 Å². The van der Waals surface area contributed by atoms with Crippen LogP contribution in [0.5, 0.6) is 0 Å². The normalized spacial score (nSPS) is 11.1. The zero-order chi connectivity index (χ0) is 21.2. The minimum absolute atomic E-state index is 0. The molecular weight excluding hydrogens is 503 g/mol. The lowest BCUT2D eigenvalue weighted by Crippen LogP contribution is -2.36. The van der Waals surface area contributed by atoms with Crippen molar-refractivity contribution in [2.75, 3.05) is 6.54 Å². The van der Waals surface area contributed by atoms with Crippen LogP contribution in [0.1, 0.15) is 41.0 Å². The zero-order valence-electron chi connectivity index (χ0n) is 18.4. The Morgan fingerprint density at radius 1 is 0.968 bits per heavy atom. The quantitative estimate of drug-likeness (QED) is 0.233. The molecule has 0 unspecified atom stereocenters. The fourth-order valence-electron chi connectivity index (χ4n) is 2.99. The minimum atomic E-state index is 0. The van der Waals surface area contributed by atoms with Crippen LogP contribution < -0.4 is 10.6 Å². The summed E-state index contributed by atoms with van der Waals surface area (Å²) in [7, 11) is 0. The second kappa shape index (κ2) is 13.1. The van der Waals surface area contributed by atoms with Gasteiger partial charge >= 0.3 is 0 Å². The van der Waals surface area contributed by atoms with E-state index in [1.165, 1.54) is 5.56 Å². The summed E-state index contributed by atoms with van der Waals surface area (Å²) in [5, 5.41) is 6.55. The van der Waals surface area contributed by atoms with E-state index in [0.29, 0.717) is 32.2 Å². The highest BCUT2D eigenvalue weighted by Crippen LogP contribution is 2.13. The number of aliphatic imine (C=N–C) groups is 1. The molecule has 1 aromatic heterocycles. The predicted molar refractivity (Wildman–Crippen MR) is 134 cm³/mol. The molecule has 6 nitrogen and oxygen atoms in total. The van der Waals surface area contributed by atoms with Crippen LogP contribution in [0, 0.1) is 13.8 Å². The smallest absolute Gasteiger partial charge is 0.214 e. The van der Waals surface area contributed by atoms with Gasteiger partial charge < -0.3 is 19.8 Å². The van der Waals surface area contributed by atoms with Crippen molar-refractivity contribution in [1.82, 2.24) is 15.6 Å². The largest absolute Gasteiger partial charge is 0.444 e. The van der Waals surface area contributed by atoms with Gasteiger partial charge in [0.1, 0.15) is 5.76 Å². The summed E-state index contributed by atoms with van der Waals surface area (Å²) < 4.78 is 11.6. The molecule has 7 heteroatoms. The first kappa shape index (κ1) is 24.9. The highest BCUT2D eigenvalue weighted by molar-refractivity contribution is 14.0. The van der Waals surface area contributed by atoms with Crippen molar-refractivity contribution in [3.05, 3.63) is 88.6 Å². The molecule has 0 saturated carbocycles. The maximum absolute atomic E-state index is 5.92. The standard InChI is InChI=1S/C24H30N4O2.HI/c1-4-25-24(27-15-23-28-18(2)19(3)30-23)26-14-21-12-8-9-13-22(21)17-29-16-20-10-6-5-7-11-20;/h5-13H,4,14-17H2,1-3H3,(H2,25,26,27);1H. The van der Waals surface area contributed by atoms with E-state index in [-0.39, 0.29) is 24.0 Å². The van der Waals surface area contributed by atoms with Crippen LogP contribution in [0.15, 0.2) is 64.0 Å². The van der Waals surface area contributed by atoms with E-state index in [2.05, 4.69) is 39.9 Å². The average molecular weight is 534 g/mol. The van der Waals surface area contributed by atoms with E-state index in [4.69, 9.17) is 14.1 Å². The summed E-state index contributed by atoms with van der Waals surface area (Å²) >= 11 is 0. The number of rotatable bonds is 9. The second-order valence-corrected chi connectivity index (χ2v) is 7.05. The molecule has 2 N–H and O–H groups in total. The summed E-state index contributed by atoms with van der Waals surface area (Å²) in [6.07, 6.45) is 0. The monoisotopic (exact) mass is 534 g/mol. The number of aryl methyl sites for hydroxylation is 2. The number of oxazole rings is 1. The highest BCUT2D eigenvalue weighted by Gasteiger charge is 2.07. The lowest BCUT2D eigenvalue weighted by molar-refractivity contribution is 0.106. The molecule has 0 aliphatic carbocycles. The number of nitrogens with zero attached hydrogens (tertiary/aromatic N) is 2. The SMILES string of the molecule is CCNC(=NCc1ccccc1COCc1ccccc1)NCc1nc(C)c(C)o1.I. The van der Waals surface area contributed by atoms with Gasteiger partial charge in [0, 0.05) is 6.54 Å². The lowest BCUT2D eigenvalue weighted by Gasteiger charge is -2.12. The van der Waals surface area contributed by atoms with Crippen molar-refractivity contribution in [1.29, 1.82) is 0 Å². The fourth-order valence-corrected chi connectivity index (χ4v) is 2.99. The third-order valence-corrected chi connectivity index (χ3v) is 4.72. The minimum Gasteiger partial charge on any atom is -0.444 e. The lowest BCUT2D eigenvalue weighted by atomic mass is 10.1. The molecule has 0 atom stereocenters. The van der Waals surface area contributed by atoms with E-state index in [0.717, 1.165) is 35.1 Å². The molecule has 3 rings (SSSR count). The van der Waals surface area contributed by atoms with Crippen LogP contribution in [-0.4, -0.2) is 17.5 Å². The topological polar surface area (TPSA) is 71.7 Å². The summed E-state index contributed by atoms with van der Waals surface area (Å²) in [5.74, 6) is 2.23. The van der Waals surface area contributed by atoms with E-state index in [1.54, 1.807) is 0 Å². The van der Waals surface area contributed by atoms with E-state index in [9.17, 15) is 0 Å². The molecule has 0 spiro atoms. The van der Waals surface area contributed by atoms with Crippen LogP contribution in [0.3, 0.4) is 0 Å². The van der Waals surface area contributed by atoms with Gasteiger partial charge in [0.15, 0.2) is 5.96 Å². The molecule has 0 amide bonds. The molecule has 31 heavy (non-hydrogen) atoms. The molecule has 2 aromatic carbocycles. The number of ether oxygens (including phenoxy) is 1. The van der Waals surface area contributed by atoms with Crippen LogP contribution in [-0.2, 0) is 31.0 Å². The van der Waals surface area contributed by atoms with Gasteiger partial charge in [-0.1, -0.05) is 54.6 Å². The molecule has 0 aliphatic rings. The van der Waals surface area contributed by atoms with Crippen molar-refractivity contribution in [3.63, 3.8) is 0 Å². The zero-order valence-corrected chi connectivity index (χ0v) is 20.7. The van der Waals surface area contributed by atoms with Crippen molar-refractivity contribution in [2.45, 2.75) is 47.1 Å². The first-order valence-electron chi connectivity index (χ1n) is 10.3. The number of hydrogen-bond acceptors (Lipinski definition) is 4. The summed E-state index contributed by atoms with van der Waals surface area (Å²) in [6.45, 7) is 8.88. The number of benzene rings is 2. The van der Waals surface area contributed by atoms with Crippen LogP contribution in [0.2, 0.25) is 0 Å². The van der Waals surface area contributed by atoms with E-state index >= 15 is 0 Å². The predicted octanol–water partition coefficient (Wildman–Crippen LogP) is 4.88. The molecule has 0 aliphatic heterocycles. The Morgan fingerprint density at radius 2 is 1.68 bits per heavy atom. The van der Waals surface area contributed by atoms with E-state index < -0.39 is 0 Å². The Bertz CT molecular complexity index is 938. The Labute approximate surface area is 201 Å². The summed E-state index contributed by atoms with van der Waals surface area (Å²) in [5.41, 5.74) is 4.37. The number of hydrogen-bond donors (Lipinski definition) is 2. The van der Waals surface area contributed by atoms with Gasteiger partial charge in [0.25, 0.3) is 0 Å². The number of halogens is 1. The molecule has 0 saturated heterocycles. The van der Waals surface area contributed by atoms with Gasteiger partial charge in [-0.25, -0.2) is 9.98 Å². The Kier molecular flexibility index (Phi) is 10.5. The Hall–Kier alpha value is -2.39. The van der Waals surface area contributed by atoms with Crippen molar-refractivity contribution in [2.24, 2.45) is 4.99 Å². The highest BCUT2D eigenvalue weighted by atomic mass is 127. The first-order valence-corrected chi connectivity index (χ1v) is 10.3. The van der Waals surface area contributed by atoms with Crippen molar-refractivity contribution >= 4 is 29.9 Å². The Morgan fingerprint density at radius 3 is 2.35 bits per heavy atom. The van der Waals surface area contributed by atoms with Gasteiger partial charge in [-0.3, -0.25) is 0 Å². The number of aromatic nitrogens is 1. The molecular formula is C24H31IN4O2. The number of guanidine groups is 1. The third kappa shape index (κ3) is 7.99. The molecule has 3 aromatic rings. The van der Waals surface area contributed by atoms with Gasteiger partial charge in [-0.2, -0.15) is 0 Å². The van der Waals surface area contributed by atoms with Crippen LogP contribution in [0.25, 0.3) is 0 Å². The van der Waals surface area contributed by atoms with E-state index in [1.807, 2.05) is 51.1 Å². The fraction of sp³-hybridized carbons (Fsp3) is 0.333. The first-order chi connectivity index (χ1) is 14.7. The number of nitrogens with one attached hydrogen (secondary N) is 2. The second-order valence-electron chi connectivity index (χ2n) is 7.05. The van der Waals surface area contributed by atoms with Crippen LogP contribution >= 0.6 is 24.0 Å². The Balaban J connectivity index is 0.00000341. The molecule has 0 bridgehead atoms. The van der Waals surface area contributed by atoms with Crippen molar-refractivity contribution in [3.8, 4) is 0 Å². The third-order valence-electron chi connectivity index (χ3n) is 4.72. The maximum atomic E-state index is 5.92.